The van der Waals surface area contributed by atoms with Crippen molar-refractivity contribution >= 4 is 34.9 Å². The summed E-state index contributed by atoms with van der Waals surface area (Å²) in [4.78, 5) is 17.7. The van der Waals surface area contributed by atoms with Gasteiger partial charge in [-0.15, -0.1) is 0 Å². The Kier molecular flexibility index (Phi) is 8.10. The van der Waals surface area contributed by atoms with E-state index in [1.165, 1.54) is 17.0 Å². The topological polar surface area (TPSA) is 89.5 Å². The van der Waals surface area contributed by atoms with Gasteiger partial charge in [0.1, 0.15) is 11.6 Å². The molecule has 2 aromatic carbocycles. The number of rotatable bonds is 7. The molecule has 3 aromatic rings. The summed E-state index contributed by atoms with van der Waals surface area (Å²) >= 11 is 5.57. The average molecular weight is 494 g/mol. The van der Waals surface area contributed by atoms with Crippen LogP contribution in [0.1, 0.15) is 24.0 Å². The summed E-state index contributed by atoms with van der Waals surface area (Å²) in [5.41, 5.74) is 2.76. The van der Waals surface area contributed by atoms with E-state index in [1.807, 2.05) is 42.5 Å². The molecule has 1 saturated heterocycles. The summed E-state index contributed by atoms with van der Waals surface area (Å²) in [6, 6.07) is 19.8. The van der Waals surface area contributed by atoms with Crippen LogP contribution in [-0.2, 0) is 13.0 Å². The summed E-state index contributed by atoms with van der Waals surface area (Å²) in [6.07, 6.45) is 2.78. The first-order valence-corrected chi connectivity index (χ1v) is 11.9. The van der Waals surface area contributed by atoms with Gasteiger partial charge < -0.3 is 26.0 Å². The molecule has 0 radical (unpaired) electrons. The summed E-state index contributed by atoms with van der Waals surface area (Å²) in [5.74, 6) is 0.356. The van der Waals surface area contributed by atoms with Crippen LogP contribution in [0.25, 0.3) is 0 Å². The Bertz CT molecular complexity index is 1150. The largest absolute Gasteiger partial charge is 0.465 e. The maximum absolute atomic E-state index is 13.1. The second kappa shape index (κ2) is 11.6. The van der Waals surface area contributed by atoms with E-state index in [-0.39, 0.29) is 17.9 Å². The van der Waals surface area contributed by atoms with Crippen LogP contribution in [0.4, 0.5) is 20.7 Å². The fourth-order valence-corrected chi connectivity index (χ4v) is 4.57. The van der Waals surface area contributed by atoms with Gasteiger partial charge >= 0.3 is 6.09 Å². The van der Waals surface area contributed by atoms with Crippen LogP contribution in [0.15, 0.2) is 72.9 Å². The van der Waals surface area contributed by atoms with Crippen LogP contribution >= 0.6 is 12.2 Å². The maximum atomic E-state index is 13.1. The Morgan fingerprint density at radius 3 is 2.60 bits per heavy atom. The van der Waals surface area contributed by atoms with Gasteiger partial charge in [-0.2, -0.15) is 0 Å². The van der Waals surface area contributed by atoms with E-state index in [9.17, 15) is 14.3 Å². The molecule has 7 nitrogen and oxygen atoms in total. The van der Waals surface area contributed by atoms with Gasteiger partial charge in [0.25, 0.3) is 0 Å². The van der Waals surface area contributed by atoms with Crippen molar-refractivity contribution in [1.82, 2.24) is 15.2 Å². The standard InChI is InChI=1S/C26H28FN5O2S/c27-20-10-8-19(9-11-20)17-29-24-23(7-4-13-28-24)31-25(35)30-21-12-14-32(26(33)34)22(16-21)15-18-5-2-1-3-6-18/h1-11,13,21-22H,12,14-17H2,(H,28,29)(H,33,34)(H2,30,31,35). The minimum Gasteiger partial charge on any atom is -0.465 e. The molecule has 4 rings (SSSR count). The second-order valence-electron chi connectivity index (χ2n) is 8.52. The number of amides is 1. The average Bonchev–Trinajstić information content (AvgIpc) is 2.85. The molecule has 1 aliphatic rings. The summed E-state index contributed by atoms with van der Waals surface area (Å²) in [7, 11) is 0. The number of halogens is 1. The fraction of sp³-hybridized carbons (Fsp3) is 0.269. The van der Waals surface area contributed by atoms with Gasteiger partial charge in [0.2, 0.25) is 0 Å². The zero-order valence-corrected chi connectivity index (χ0v) is 20.0. The van der Waals surface area contributed by atoms with Crippen molar-refractivity contribution in [3.8, 4) is 0 Å². The lowest BCUT2D eigenvalue weighted by molar-refractivity contribution is 0.0991. The molecule has 0 spiro atoms. The van der Waals surface area contributed by atoms with Crippen LogP contribution in [0.3, 0.4) is 0 Å². The third kappa shape index (κ3) is 6.89. The summed E-state index contributed by atoms with van der Waals surface area (Å²) in [5, 5.41) is 19.9. The highest BCUT2D eigenvalue weighted by Crippen LogP contribution is 2.23. The number of likely N-dealkylation sites (tertiary alicyclic amines) is 1. The number of carbonyl (C=O) groups is 1. The number of aromatic nitrogens is 1. The predicted molar refractivity (Wildman–Crippen MR) is 139 cm³/mol. The van der Waals surface area contributed by atoms with Gasteiger partial charge in [-0.3, -0.25) is 0 Å². The summed E-state index contributed by atoms with van der Waals surface area (Å²) < 4.78 is 13.1. The first-order chi connectivity index (χ1) is 17.0. The predicted octanol–water partition coefficient (Wildman–Crippen LogP) is 4.87. The zero-order valence-electron chi connectivity index (χ0n) is 19.2. The number of nitrogens with one attached hydrogen (secondary N) is 3. The van der Waals surface area contributed by atoms with Gasteiger partial charge in [0.05, 0.1) is 5.69 Å². The number of nitrogens with zero attached hydrogens (tertiary/aromatic N) is 2. The van der Waals surface area contributed by atoms with Gasteiger partial charge in [-0.05, 0) is 66.9 Å². The second-order valence-corrected chi connectivity index (χ2v) is 8.93. The van der Waals surface area contributed by atoms with E-state index in [0.717, 1.165) is 16.8 Å². The van der Waals surface area contributed by atoms with Crippen LogP contribution in [-0.4, -0.2) is 44.8 Å². The number of thiocarbonyl (C=S) groups is 1. The highest BCUT2D eigenvalue weighted by molar-refractivity contribution is 7.80. The van der Waals surface area contributed by atoms with E-state index >= 15 is 0 Å². The molecule has 2 heterocycles. The Hall–Kier alpha value is -3.72. The third-order valence-electron chi connectivity index (χ3n) is 6.04. The quantitative estimate of drug-likeness (QED) is 0.349. The minimum absolute atomic E-state index is 0.0478. The number of pyridine rings is 1. The molecule has 0 bridgehead atoms. The highest BCUT2D eigenvalue weighted by Gasteiger charge is 2.32. The van der Waals surface area contributed by atoms with Crippen molar-refractivity contribution in [3.05, 3.63) is 89.9 Å². The minimum atomic E-state index is -0.891. The number of benzene rings is 2. The van der Waals surface area contributed by atoms with E-state index in [4.69, 9.17) is 12.2 Å². The highest BCUT2D eigenvalue weighted by atomic mass is 32.1. The van der Waals surface area contributed by atoms with E-state index in [1.54, 1.807) is 18.3 Å². The molecule has 182 valence electrons. The molecule has 0 saturated carbocycles. The van der Waals surface area contributed by atoms with Crippen LogP contribution in [0, 0.1) is 5.82 Å². The van der Waals surface area contributed by atoms with Crippen molar-refractivity contribution in [1.29, 1.82) is 0 Å². The molecule has 4 N–H and O–H groups in total. The molecule has 0 aliphatic carbocycles. The van der Waals surface area contributed by atoms with E-state index in [2.05, 4.69) is 20.9 Å². The monoisotopic (exact) mass is 493 g/mol. The van der Waals surface area contributed by atoms with E-state index in [0.29, 0.717) is 43.3 Å². The Morgan fingerprint density at radius 2 is 1.86 bits per heavy atom. The Morgan fingerprint density at radius 1 is 1.09 bits per heavy atom. The SMILES string of the molecule is O=C(O)N1CCC(NC(=S)Nc2cccnc2NCc2ccc(F)cc2)CC1Cc1ccccc1. The van der Waals surface area contributed by atoms with Gasteiger partial charge in [-0.25, -0.2) is 14.2 Å². The first kappa shape index (κ1) is 24.4. The number of hydrogen-bond donors (Lipinski definition) is 4. The molecule has 35 heavy (non-hydrogen) atoms. The molecule has 1 amide bonds. The molecular formula is C26H28FN5O2S. The van der Waals surface area contributed by atoms with Crippen molar-refractivity contribution in [2.45, 2.75) is 37.9 Å². The number of piperidine rings is 1. The number of anilines is 2. The normalized spacial score (nSPS) is 17.5. The van der Waals surface area contributed by atoms with Crippen molar-refractivity contribution in [2.24, 2.45) is 0 Å². The van der Waals surface area contributed by atoms with Gasteiger partial charge in [0.15, 0.2) is 5.11 Å². The van der Waals surface area contributed by atoms with Gasteiger partial charge in [0, 0.05) is 31.4 Å². The third-order valence-corrected chi connectivity index (χ3v) is 6.26. The van der Waals surface area contributed by atoms with Crippen LogP contribution in [0.2, 0.25) is 0 Å². The lowest BCUT2D eigenvalue weighted by Gasteiger charge is -2.38. The lowest BCUT2D eigenvalue weighted by Crippen LogP contribution is -2.52. The fourth-order valence-electron chi connectivity index (χ4n) is 4.29. The van der Waals surface area contributed by atoms with Gasteiger partial charge in [-0.1, -0.05) is 42.5 Å². The number of carboxylic acid groups (broad SMARTS) is 1. The summed E-state index contributed by atoms with van der Waals surface area (Å²) in [6.45, 7) is 0.936. The lowest BCUT2D eigenvalue weighted by atomic mass is 9.92. The molecule has 1 aromatic heterocycles. The van der Waals surface area contributed by atoms with Crippen molar-refractivity contribution < 1.29 is 14.3 Å². The zero-order chi connectivity index (χ0) is 24.6. The molecule has 2 atom stereocenters. The van der Waals surface area contributed by atoms with Crippen molar-refractivity contribution in [2.75, 3.05) is 17.2 Å². The molecule has 9 heteroatoms. The number of hydrogen-bond acceptors (Lipinski definition) is 4. The molecule has 2 unspecified atom stereocenters. The van der Waals surface area contributed by atoms with Crippen LogP contribution in [0.5, 0.6) is 0 Å². The Labute approximate surface area is 209 Å². The van der Waals surface area contributed by atoms with Crippen molar-refractivity contribution in [3.63, 3.8) is 0 Å². The first-order valence-electron chi connectivity index (χ1n) is 11.5. The van der Waals surface area contributed by atoms with E-state index < -0.39 is 6.09 Å². The maximum Gasteiger partial charge on any atom is 0.407 e. The molecule has 1 fully saturated rings. The van der Waals surface area contributed by atoms with Crippen LogP contribution < -0.4 is 16.0 Å². The Balaban J connectivity index is 1.35. The molecule has 1 aliphatic heterocycles. The smallest absolute Gasteiger partial charge is 0.407 e. The molecular weight excluding hydrogens is 465 g/mol.